The highest BCUT2D eigenvalue weighted by Gasteiger charge is 2.55. The number of aliphatic hydroxyl groups excluding tert-OH is 1. The van der Waals surface area contributed by atoms with Gasteiger partial charge in [-0.15, -0.1) is 0 Å². The SMILES string of the molecule is Cc1ccc(S(=O)(=O)N2CC3(CC(O)C3)C2)cc1-c1cnc(N)c(-n2cncn2)n1. The maximum atomic E-state index is 13.1. The summed E-state index contributed by atoms with van der Waals surface area (Å²) < 4.78 is 29.1. The molecule has 10 nitrogen and oxygen atoms in total. The molecule has 2 aromatic heterocycles. The number of hydrogen-bond acceptors (Lipinski definition) is 8. The molecule has 156 valence electrons. The van der Waals surface area contributed by atoms with Crippen molar-refractivity contribution in [3.63, 3.8) is 0 Å². The molecule has 0 atom stereocenters. The Morgan fingerprint density at radius 3 is 2.70 bits per heavy atom. The number of nitrogen functional groups attached to an aromatic ring is 1. The zero-order valence-electron chi connectivity index (χ0n) is 16.3. The van der Waals surface area contributed by atoms with E-state index >= 15 is 0 Å². The van der Waals surface area contributed by atoms with Crippen molar-refractivity contribution in [2.75, 3.05) is 18.8 Å². The van der Waals surface area contributed by atoms with Gasteiger partial charge in [0.25, 0.3) is 0 Å². The minimum atomic E-state index is -3.62. The smallest absolute Gasteiger partial charge is 0.243 e. The van der Waals surface area contributed by atoms with E-state index in [9.17, 15) is 13.5 Å². The second kappa shape index (κ2) is 6.56. The molecule has 30 heavy (non-hydrogen) atoms. The molecule has 5 rings (SSSR count). The van der Waals surface area contributed by atoms with Gasteiger partial charge in [0.15, 0.2) is 11.6 Å². The van der Waals surface area contributed by atoms with Crippen molar-refractivity contribution in [1.29, 1.82) is 0 Å². The van der Waals surface area contributed by atoms with Crippen LogP contribution in [0.15, 0.2) is 41.9 Å². The molecule has 3 heterocycles. The Labute approximate surface area is 173 Å². The number of nitrogens with zero attached hydrogens (tertiary/aromatic N) is 6. The molecule has 3 N–H and O–H groups in total. The van der Waals surface area contributed by atoms with Gasteiger partial charge in [-0.1, -0.05) is 6.07 Å². The summed E-state index contributed by atoms with van der Waals surface area (Å²) in [6.45, 7) is 2.79. The molecule has 11 heteroatoms. The average molecular weight is 427 g/mol. The van der Waals surface area contributed by atoms with Crippen LogP contribution >= 0.6 is 0 Å². The van der Waals surface area contributed by atoms with E-state index in [0.29, 0.717) is 43.0 Å². The fourth-order valence-corrected chi connectivity index (χ4v) is 5.95. The molecule has 0 amide bonds. The minimum Gasteiger partial charge on any atom is -0.393 e. The topological polar surface area (TPSA) is 140 Å². The van der Waals surface area contributed by atoms with Crippen molar-refractivity contribution in [3.05, 3.63) is 42.6 Å². The summed E-state index contributed by atoms with van der Waals surface area (Å²) in [5.74, 6) is 0.519. The van der Waals surface area contributed by atoms with Crippen LogP contribution in [0.4, 0.5) is 5.82 Å². The van der Waals surface area contributed by atoms with Crippen LogP contribution < -0.4 is 5.73 Å². The predicted octanol–water partition coefficient (Wildman–Crippen LogP) is 0.760. The molecular weight excluding hydrogens is 406 g/mol. The second-order valence-corrected chi connectivity index (χ2v) is 10.1. The number of aryl methyl sites for hydroxylation is 1. The molecule has 1 spiro atoms. The molecule has 1 aliphatic carbocycles. The number of nitrogens with two attached hydrogens (primary N) is 1. The normalized spacial score (nSPS) is 18.9. The van der Waals surface area contributed by atoms with Crippen molar-refractivity contribution in [3.8, 4) is 17.1 Å². The van der Waals surface area contributed by atoms with Gasteiger partial charge in [0, 0.05) is 24.1 Å². The molecular formula is C19H21N7O3S. The number of hydrogen-bond donors (Lipinski definition) is 2. The van der Waals surface area contributed by atoms with Crippen molar-refractivity contribution in [1.82, 2.24) is 29.0 Å². The van der Waals surface area contributed by atoms with Crippen LogP contribution in [-0.4, -0.2) is 61.8 Å². The molecule has 1 aliphatic heterocycles. The lowest BCUT2D eigenvalue weighted by Crippen LogP contribution is -2.64. The van der Waals surface area contributed by atoms with Gasteiger partial charge in [-0.2, -0.15) is 14.1 Å². The molecule has 1 aromatic carbocycles. The standard InChI is InChI=1S/C19H21N7O3S/c1-12-2-3-14(30(28,29)25-8-19(9-25)5-13(27)6-19)4-15(12)16-7-22-17(20)18(24-16)26-11-21-10-23-26/h2-4,7,10-11,13,27H,5-6,8-9H2,1H3,(H2,20,22). The van der Waals surface area contributed by atoms with Crippen molar-refractivity contribution < 1.29 is 13.5 Å². The van der Waals surface area contributed by atoms with Crippen LogP contribution in [0, 0.1) is 12.3 Å². The number of aromatic nitrogens is 5. The minimum absolute atomic E-state index is 0.0465. The van der Waals surface area contributed by atoms with Gasteiger partial charge in [-0.05, 0) is 37.5 Å². The molecule has 3 aromatic rings. The van der Waals surface area contributed by atoms with E-state index in [-0.39, 0.29) is 22.2 Å². The van der Waals surface area contributed by atoms with E-state index < -0.39 is 10.0 Å². The maximum absolute atomic E-state index is 13.1. The predicted molar refractivity (Wildman–Crippen MR) is 108 cm³/mol. The summed E-state index contributed by atoms with van der Waals surface area (Å²) in [6.07, 6.45) is 5.39. The molecule has 2 aliphatic rings. The highest BCUT2D eigenvalue weighted by molar-refractivity contribution is 7.89. The van der Waals surface area contributed by atoms with Gasteiger partial charge in [0.2, 0.25) is 10.0 Å². The first-order chi connectivity index (χ1) is 14.3. The highest BCUT2D eigenvalue weighted by atomic mass is 32.2. The van der Waals surface area contributed by atoms with Crippen LogP contribution in [-0.2, 0) is 10.0 Å². The Hall–Kier alpha value is -2.89. The first-order valence-corrected chi connectivity index (χ1v) is 11.0. The number of benzene rings is 1. The Morgan fingerprint density at radius 2 is 2.03 bits per heavy atom. The van der Waals surface area contributed by atoms with Gasteiger partial charge >= 0.3 is 0 Å². The van der Waals surface area contributed by atoms with E-state index in [1.165, 1.54) is 27.8 Å². The summed E-state index contributed by atoms with van der Waals surface area (Å²) in [4.78, 5) is 12.8. The van der Waals surface area contributed by atoms with E-state index in [2.05, 4.69) is 20.1 Å². The third-order valence-corrected chi connectivity index (χ3v) is 7.69. The average Bonchev–Trinajstić information content (AvgIpc) is 3.18. The molecule has 0 unspecified atom stereocenters. The monoisotopic (exact) mass is 427 g/mol. The Kier molecular flexibility index (Phi) is 4.17. The molecule has 0 bridgehead atoms. The lowest BCUT2D eigenvalue weighted by atomic mass is 9.63. The summed E-state index contributed by atoms with van der Waals surface area (Å²) in [5.41, 5.74) is 7.89. The van der Waals surface area contributed by atoms with Gasteiger partial charge < -0.3 is 10.8 Å². The lowest BCUT2D eigenvalue weighted by Gasteiger charge is -2.56. The second-order valence-electron chi connectivity index (χ2n) is 8.12. The van der Waals surface area contributed by atoms with Crippen molar-refractivity contribution in [2.24, 2.45) is 5.41 Å². The number of sulfonamides is 1. The zero-order valence-corrected chi connectivity index (χ0v) is 17.1. The van der Waals surface area contributed by atoms with Crippen LogP contribution in [0.25, 0.3) is 17.1 Å². The fraction of sp³-hybridized carbons (Fsp3) is 0.368. The van der Waals surface area contributed by atoms with Crippen LogP contribution in [0.2, 0.25) is 0 Å². The summed E-state index contributed by atoms with van der Waals surface area (Å²) in [7, 11) is -3.62. The largest absolute Gasteiger partial charge is 0.393 e. The molecule has 2 fully saturated rings. The van der Waals surface area contributed by atoms with Gasteiger partial charge in [0.05, 0.1) is 22.9 Å². The van der Waals surface area contributed by atoms with Crippen LogP contribution in [0.3, 0.4) is 0 Å². The highest BCUT2D eigenvalue weighted by Crippen LogP contribution is 2.50. The van der Waals surface area contributed by atoms with Crippen LogP contribution in [0.1, 0.15) is 18.4 Å². The third kappa shape index (κ3) is 2.97. The van der Waals surface area contributed by atoms with E-state index in [1.807, 2.05) is 6.92 Å². The summed E-state index contributed by atoms with van der Waals surface area (Å²) >= 11 is 0. The molecule has 1 saturated carbocycles. The van der Waals surface area contributed by atoms with Gasteiger partial charge in [0.1, 0.15) is 12.7 Å². The third-order valence-electron chi connectivity index (χ3n) is 5.90. The van der Waals surface area contributed by atoms with E-state index in [1.54, 1.807) is 18.2 Å². The Balaban J connectivity index is 1.48. The Bertz CT molecular complexity index is 1210. The first-order valence-electron chi connectivity index (χ1n) is 9.54. The number of aliphatic hydroxyl groups is 1. The van der Waals surface area contributed by atoms with E-state index in [4.69, 9.17) is 5.73 Å². The number of anilines is 1. The van der Waals surface area contributed by atoms with Crippen molar-refractivity contribution >= 4 is 15.8 Å². The van der Waals surface area contributed by atoms with E-state index in [0.717, 1.165) is 5.56 Å². The molecule has 1 saturated heterocycles. The summed E-state index contributed by atoms with van der Waals surface area (Å²) in [5, 5.41) is 13.6. The molecule has 0 radical (unpaired) electrons. The quantitative estimate of drug-likeness (QED) is 0.622. The van der Waals surface area contributed by atoms with Crippen molar-refractivity contribution in [2.45, 2.75) is 30.8 Å². The van der Waals surface area contributed by atoms with Gasteiger partial charge in [-0.25, -0.2) is 23.4 Å². The maximum Gasteiger partial charge on any atom is 0.243 e. The number of rotatable bonds is 4. The first kappa shape index (κ1) is 19.1. The zero-order chi connectivity index (χ0) is 21.1. The van der Waals surface area contributed by atoms with Crippen LogP contribution in [0.5, 0.6) is 0 Å². The Morgan fingerprint density at radius 1 is 1.27 bits per heavy atom. The lowest BCUT2D eigenvalue weighted by molar-refractivity contribution is -0.0982. The summed E-state index contributed by atoms with van der Waals surface area (Å²) in [6, 6.07) is 4.99. The van der Waals surface area contributed by atoms with Gasteiger partial charge in [-0.3, -0.25) is 0 Å². The fourth-order valence-electron chi connectivity index (χ4n) is 4.26.